The minimum Gasteiger partial charge on any atom is -0.477 e. The number of imide groups is 1. The molecule has 0 bridgehead atoms. The molecule has 2 aliphatic heterocycles. The predicted octanol–water partition coefficient (Wildman–Crippen LogP) is 2.75. The summed E-state index contributed by atoms with van der Waals surface area (Å²) in [5, 5.41) is 28.8. The Labute approximate surface area is 278 Å². The predicted molar refractivity (Wildman–Crippen MR) is 169 cm³/mol. The minimum atomic E-state index is -1.45. The van der Waals surface area contributed by atoms with Gasteiger partial charge in [0.05, 0.1) is 4.92 Å². The maximum Gasteiger partial charge on any atom is 0.353 e. The van der Waals surface area contributed by atoms with Crippen LogP contribution in [0.4, 0.5) is 5.69 Å². The van der Waals surface area contributed by atoms with Crippen molar-refractivity contribution in [2.75, 3.05) is 6.61 Å². The molecule has 0 aliphatic carbocycles. The molecule has 15 nitrogen and oxygen atoms in total. The van der Waals surface area contributed by atoms with E-state index in [1.165, 1.54) is 35.2 Å². The van der Waals surface area contributed by atoms with Crippen LogP contribution in [0.3, 0.4) is 0 Å². The number of nitro groups is 1. The lowest BCUT2D eigenvalue weighted by Crippen LogP contribution is -2.73. The highest BCUT2D eigenvalue weighted by molar-refractivity contribution is 8.07. The standard InChI is InChI=1S/C27H24ClN7O8S3/c1-12-22(46-27-32-31-17(10-29)45-27)20(26(39)40)34-24(38)21(25(34)44-12)33(23(37)19(30)13-5-3-2-4-6-13)18(36)11-43-16-8-7-14(28)9-15(16)35(41)42/h2-9,12,19,21,25H,10-11,29-30H2,1H3,(H,39,40)/t12?,19-,21?,25-/m1/s1. The Morgan fingerprint density at radius 3 is 2.59 bits per heavy atom. The highest BCUT2D eigenvalue weighted by Gasteiger charge is 2.60. The number of β-lactam (4-membered cyclic amide) rings is 1. The van der Waals surface area contributed by atoms with Gasteiger partial charge in [-0.05, 0) is 24.6 Å². The molecular weight excluding hydrogens is 682 g/mol. The Hall–Kier alpha value is -4.07. The van der Waals surface area contributed by atoms with Crippen LogP contribution in [-0.2, 0) is 25.7 Å². The van der Waals surface area contributed by atoms with Crippen LogP contribution in [0.1, 0.15) is 23.5 Å². The number of carbonyl (C=O) groups is 4. The number of hydrogen-bond acceptors (Lipinski definition) is 14. The van der Waals surface area contributed by atoms with Crippen molar-refractivity contribution in [1.29, 1.82) is 0 Å². The molecular formula is C27H24ClN7O8S3. The monoisotopic (exact) mass is 705 g/mol. The number of ether oxygens (including phenoxy) is 1. The number of nitrogens with zero attached hydrogens (tertiary/aromatic N) is 5. The zero-order valence-corrected chi connectivity index (χ0v) is 26.8. The number of fused-ring (bicyclic) bond motifs is 1. The zero-order chi connectivity index (χ0) is 33.3. The summed E-state index contributed by atoms with van der Waals surface area (Å²) in [5.74, 6) is -4.48. The number of carbonyl (C=O) groups excluding carboxylic acids is 3. The first-order valence-corrected chi connectivity index (χ1v) is 16.3. The molecule has 1 aromatic heterocycles. The lowest BCUT2D eigenvalue weighted by molar-refractivity contribution is -0.385. The lowest BCUT2D eigenvalue weighted by atomic mass is 9.99. The molecule has 3 amide bonds. The van der Waals surface area contributed by atoms with Gasteiger partial charge in [-0.15, -0.1) is 22.0 Å². The number of amides is 3. The van der Waals surface area contributed by atoms with Gasteiger partial charge in [-0.2, -0.15) is 0 Å². The van der Waals surface area contributed by atoms with Gasteiger partial charge < -0.3 is 21.3 Å². The van der Waals surface area contributed by atoms with E-state index in [1.807, 2.05) is 0 Å². The molecule has 3 aromatic rings. The van der Waals surface area contributed by atoms with Gasteiger partial charge in [0.15, 0.2) is 16.7 Å². The van der Waals surface area contributed by atoms with Crippen LogP contribution >= 0.6 is 46.5 Å². The number of rotatable bonds is 11. The van der Waals surface area contributed by atoms with Gasteiger partial charge in [-0.3, -0.25) is 34.3 Å². The molecule has 0 radical (unpaired) electrons. The summed E-state index contributed by atoms with van der Waals surface area (Å²) in [6, 6.07) is 8.87. The molecule has 2 aromatic carbocycles. The largest absolute Gasteiger partial charge is 0.477 e. The van der Waals surface area contributed by atoms with Gasteiger partial charge in [0, 0.05) is 27.8 Å². The van der Waals surface area contributed by atoms with Crippen LogP contribution in [0.15, 0.2) is 63.5 Å². The van der Waals surface area contributed by atoms with Crippen molar-refractivity contribution in [1.82, 2.24) is 20.0 Å². The number of hydrogen-bond donors (Lipinski definition) is 3. The third-order valence-electron chi connectivity index (χ3n) is 6.90. The van der Waals surface area contributed by atoms with Gasteiger partial charge in [-0.25, -0.2) is 4.79 Å². The summed E-state index contributed by atoms with van der Waals surface area (Å²) in [4.78, 5) is 66.7. The summed E-state index contributed by atoms with van der Waals surface area (Å²) >= 11 is 9.26. The van der Waals surface area contributed by atoms with E-state index in [1.54, 1.807) is 37.3 Å². The third kappa shape index (κ3) is 6.44. The Morgan fingerprint density at radius 2 is 1.96 bits per heavy atom. The molecule has 19 heteroatoms. The number of nitrogens with two attached hydrogens (primary N) is 2. The molecule has 3 heterocycles. The minimum absolute atomic E-state index is 0.0605. The molecule has 1 saturated heterocycles. The fraction of sp³-hybridized carbons (Fsp3) is 0.259. The molecule has 4 atom stereocenters. The summed E-state index contributed by atoms with van der Waals surface area (Å²) in [7, 11) is 0. The highest BCUT2D eigenvalue weighted by Crippen LogP contribution is 2.50. The van der Waals surface area contributed by atoms with Crippen molar-refractivity contribution in [3.63, 3.8) is 0 Å². The number of nitro benzene ring substituents is 1. The lowest BCUT2D eigenvalue weighted by Gasteiger charge is -2.53. The Balaban J connectivity index is 1.47. The van der Waals surface area contributed by atoms with Gasteiger partial charge in [0.1, 0.15) is 28.2 Å². The average Bonchev–Trinajstić information content (AvgIpc) is 3.50. The Morgan fingerprint density at radius 1 is 1.24 bits per heavy atom. The maximum atomic E-state index is 13.9. The van der Waals surface area contributed by atoms with Crippen molar-refractivity contribution < 1.29 is 33.9 Å². The van der Waals surface area contributed by atoms with E-state index in [0.29, 0.717) is 24.7 Å². The fourth-order valence-electron chi connectivity index (χ4n) is 4.77. The molecule has 0 spiro atoms. The molecule has 1 fully saturated rings. The van der Waals surface area contributed by atoms with E-state index in [2.05, 4.69) is 10.2 Å². The van der Waals surface area contributed by atoms with E-state index in [9.17, 15) is 34.4 Å². The summed E-state index contributed by atoms with van der Waals surface area (Å²) < 4.78 is 5.88. The number of carboxylic acid groups (broad SMARTS) is 1. The van der Waals surface area contributed by atoms with E-state index < -0.39 is 63.6 Å². The van der Waals surface area contributed by atoms with Crippen LogP contribution in [0.2, 0.25) is 5.02 Å². The van der Waals surface area contributed by atoms with Crippen molar-refractivity contribution in [2.24, 2.45) is 11.5 Å². The zero-order valence-electron chi connectivity index (χ0n) is 23.6. The highest BCUT2D eigenvalue weighted by atomic mass is 35.5. The average molecular weight is 706 g/mol. The topological polar surface area (TPSA) is 225 Å². The molecule has 2 unspecified atom stereocenters. The third-order valence-corrected chi connectivity index (χ3v) is 10.9. The van der Waals surface area contributed by atoms with E-state index in [0.717, 1.165) is 22.7 Å². The molecule has 5 N–H and O–H groups in total. The number of benzene rings is 2. The van der Waals surface area contributed by atoms with Crippen molar-refractivity contribution in [3.8, 4) is 5.75 Å². The first kappa shape index (κ1) is 33.3. The molecule has 0 saturated carbocycles. The quantitative estimate of drug-likeness (QED) is 0.148. The van der Waals surface area contributed by atoms with Crippen LogP contribution < -0.4 is 16.2 Å². The molecule has 2 aliphatic rings. The summed E-state index contributed by atoms with van der Waals surface area (Å²) in [6.07, 6.45) is 0. The summed E-state index contributed by atoms with van der Waals surface area (Å²) in [5.41, 5.74) is 11.4. The molecule has 240 valence electrons. The van der Waals surface area contributed by atoms with E-state index in [4.69, 9.17) is 27.8 Å². The van der Waals surface area contributed by atoms with E-state index in [-0.39, 0.29) is 23.0 Å². The van der Waals surface area contributed by atoms with Gasteiger partial charge in [-0.1, -0.05) is 65.0 Å². The number of thioether (sulfide) groups is 2. The van der Waals surface area contributed by atoms with Gasteiger partial charge in [0.25, 0.3) is 17.7 Å². The second-order valence-corrected chi connectivity index (χ2v) is 14.0. The van der Waals surface area contributed by atoms with E-state index >= 15 is 0 Å². The maximum absolute atomic E-state index is 13.9. The number of aliphatic carboxylic acids is 1. The van der Waals surface area contributed by atoms with Gasteiger partial charge in [0.2, 0.25) is 0 Å². The van der Waals surface area contributed by atoms with Crippen LogP contribution in [0, 0.1) is 10.1 Å². The second-order valence-electron chi connectivity index (χ2n) is 9.76. The number of halogens is 1. The first-order chi connectivity index (χ1) is 21.9. The molecule has 5 rings (SSSR count). The fourth-order valence-corrected chi connectivity index (χ4v) is 8.51. The van der Waals surface area contributed by atoms with Crippen molar-refractivity contribution >= 4 is 75.8 Å². The Kier molecular flexibility index (Phi) is 9.94. The van der Waals surface area contributed by atoms with Crippen LogP contribution in [0.5, 0.6) is 5.75 Å². The number of aromatic nitrogens is 2. The second kappa shape index (κ2) is 13.7. The van der Waals surface area contributed by atoms with Crippen LogP contribution in [0.25, 0.3) is 0 Å². The SMILES string of the molecule is CC1S[C@@H]2C(N(C(=O)COc3ccc(Cl)cc3[N+](=O)[O-])C(=O)[C@H](N)c3ccccc3)C(=O)N2C(C(=O)O)=C1Sc1nnc(CN)s1. The Bertz CT molecular complexity index is 1760. The first-order valence-electron chi connectivity index (χ1n) is 13.3. The molecule has 46 heavy (non-hydrogen) atoms. The normalized spacial score (nSPS) is 19.6. The number of carboxylic acids is 1. The summed E-state index contributed by atoms with van der Waals surface area (Å²) in [6.45, 7) is 1.000. The van der Waals surface area contributed by atoms with Crippen molar-refractivity contribution in [3.05, 3.63) is 84.8 Å². The van der Waals surface area contributed by atoms with Crippen LogP contribution in [-0.4, -0.2) is 77.0 Å². The van der Waals surface area contributed by atoms with Gasteiger partial charge >= 0.3 is 11.7 Å². The van der Waals surface area contributed by atoms with Crippen molar-refractivity contribution in [2.45, 2.75) is 40.5 Å². The smallest absolute Gasteiger partial charge is 0.353 e.